The van der Waals surface area contributed by atoms with Gasteiger partial charge in [-0.25, -0.2) is 14.6 Å². The molecule has 17 heavy (non-hydrogen) atoms. The van der Waals surface area contributed by atoms with Crippen LogP contribution in [0.5, 0.6) is 0 Å². The van der Waals surface area contributed by atoms with Crippen LogP contribution in [0.2, 0.25) is 0 Å². The molecule has 1 aromatic rings. The molecule has 4 nitrogen and oxygen atoms in total. The number of nitrogens with two attached hydrogens (primary N) is 1. The van der Waals surface area contributed by atoms with Gasteiger partial charge in [0.2, 0.25) is 5.91 Å². The molecule has 0 atom stereocenters. The Balaban J connectivity index is 2.42. The van der Waals surface area contributed by atoms with Crippen LogP contribution < -0.4 is 11.3 Å². The van der Waals surface area contributed by atoms with Gasteiger partial charge in [0.25, 0.3) is 6.43 Å². The van der Waals surface area contributed by atoms with E-state index in [9.17, 15) is 13.6 Å². The van der Waals surface area contributed by atoms with Crippen LogP contribution >= 0.6 is 0 Å². The first-order valence-corrected chi connectivity index (χ1v) is 5.05. The van der Waals surface area contributed by atoms with E-state index in [2.05, 4.69) is 0 Å². The quantitative estimate of drug-likeness (QED) is 0.446. The molecule has 0 saturated carbocycles. The standard InChI is InChI=1S/C11H14F2N2O2/c12-10(13)7-17-6-9-3-1-8(2-4-9)5-11(16)15-14/h1-4,10H,5-7,14H2,(H,15,16). The van der Waals surface area contributed by atoms with Gasteiger partial charge in [-0.1, -0.05) is 24.3 Å². The normalized spacial score (nSPS) is 10.6. The third-order valence-electron chi connectivity index (χ3n) is 2.06. The van der Waals surface area contributed by atoms with E-state index in [1.54, 1.807) is 24.3 Å². The van der Waals surface area contributed by atoms with Gasteiger partial charge in [-0.3, -0.25) is 10.2 Å². The number of alkyl halides is 2. The first-order chi connectivity index (χ1) is 8.11. The third-order valence-corrected chi connectivity index (χ3v) is 2.06. The van der Waals surface area contributed by atoms with Crippen LogP contribution in [0, 0.1) is 0 Å². The van der Waals surface area contributed by atoms with Crippen LogP contribution in [0.3, 0.4) is 0 Å². The summed E-state index contributed by atoms with van der Waals surface area (Å²) in [6, 6.07) is 6.92. The molecular weight excluding hydrogens is 230 g/mol. The molecule has 1 aromatic carbocycles. The Morgan fingerprint density at radius 2 is 1.88 bits per heavy atom. The van der Waals surface area contributed by atoms with E-state index in [1.165, 1.54) is 0 Å². The van der Waals surface area contributed by atoms with Crippen molar-refractivity contribution in [1.82, 2.24) is 5.43 Å². The number of hydrogen-bond acceptors (Lipinski definition) is 3. The average Bonchev–Trinajstić information content (AvgIpc) is 2.31. The van der Waals surface area contributed by atoms with E-state index in [-0.39, 0.29) is 18.9 Å². The Morgan fingerprint density at radius 1 is 1.29 bits per heavy atom. The molecule has 0 heterocycles. The lowest BCUT2D eigenvalue weighted by Crippen LogP contribution is -2.31. The summed E-state index contributed by atoms with van der Waals surface area (Å²) < 4.78 is 28.4. The highest BCUT2D eigenvalue weighted by Gasteiger charge is 2.03. The summed E-state index contributed by atoms with van der Waals surface area (Å²) in [5.41, 5.74) is 3.60. The highest BCUT2D eigenvalue weighted by molar-refractivity contribution is 5.77. The molecule has 0 aromatic heterocycles. The lowest BCUT2D eigenvalue weighted by atomic mass is 10.1. The Hall–Kier alpha value is -1.53. The fraction of sp³-hybridized carbons (Fsp3) is 0.364. The van der Waals surface area contributed by atoms with E-state index >= 15 is 0 Å². The predicted molar refractivity (Wildman–Crippen MR) is 58.1 cm³/mol. The highest BCUT2D eigenvalue weighted by atomic mass is 19.3. The van der Waals surface area contributed by atoms with Crippen LogP contribution in [-0.2, 0) is 22.6 Å². The second kappa shape index (κ2) is 6.93. The molecule has 0 spiro atoms. The summed E-state index contributed by atoms with van der Waals surface area (Å²) in [5, 5.41) is 0. The maximum absolute atomic E-state index is 11.8. The van der Waals surface area contributed by atoms with E-state index in [0.717, 1.165) is 11.1 Å². The van der Waals surface area contributed by atoms with E-state index < -0.39 is 13.0 Å². The summed E-state index contributed by atoms with van der Waals surface area (Å²) >= 11 is 0. The van der Waals surface area contributed by atoms with Gasteiger partial charge in [0.05, 0.1) is 13.0 Å². The zero-order valence-electron chi connectivity index (χ0n) is 9.16. The lowest BCUT2D eigenvalue weighted by Gasteiger charge is -2.05. The van der Waals surface area contributed by atoms with Crippen molar-refractivity contribution in [2.24, 2.45) is 5.84 Å². The van der Waals surface area contributed by atoms with Crippen molar-refractivity contribution < 1.29 is 18.3 Å². The Bertz CT molecular complexity index is 355. The largest absolute Gasteiger partial charge is 0.371 e. The van der Waals surface area contributed by atoms with Gasteiger partial charge < -0.3 is 4.74 Å². The second-order valence-electron chi connectivity index (χ2n) is 3.47. The fourth-order valence-electron chi connectivity index (χ4n) is 1.26. The van der Waals surface area contributed by atoms with Gasteiger partial charge in [0.1, 0.15) is 6.61 Å². The Labute approximate surface area is 97.7 Å². The first kappa shape index (κ1) is 13.5. The first-order valence-electron chi connectivity index (χ1n) is 5.05. The molecule has 94 valence electrons. The summed E-state index contributed by atoms with van der Waals surface area (Å²) in [6.45, 7) is -0.439. The molecule has 0 unspecified atom stereocenters. The number of amides is 1. The van der Waals surface area contributed by atoms with Crippen molar-refractivity contribution in [3.05, 3.63) is 35.4 Å². The van der Waals surface area contributed by atoms with Gasteiger partial charge >= 0.3 is 0 Å². The maximum atomic E-state index is 11.8. The molecular formula is C11H14F2N2O2. The second-order valence-corrected chi connectivity index (χ2v) is 3.47. The monoisotopic (exact) mass is 244 g/mol. The Morgan fingerprint density at radius 3 is 2.41 bits per heavy atom. The topological polar surface area (TPSA) is 64.3 Å². The predicted octanol–water partition coefficient (Wildman–Crippen LogP) is 1.00. The van der Waals surface area contributed by atoms with Crippen LogP contribution in [0.25, 0.3) is 0 Å². The number of ether oxygens (including phenoxy) is 1. The molecule has 0 fully saturated rings. The summed E-state index contributed by atoms with van der Waals surface area (Å²) in [6.07, 6.45) is -2.27. The van der Waals surface area contributed by atoms with E-state index in [1.807, 2.05) is 5.43 Å². The van der Waals surface area contributed by atoms with Gasteiger partial charge in [0, 0.05) is 0 Å². The minimum atomic E-state index is -2.46. The number of halogens is 2. The zero-order chi connectivity index (χ0) is 12.7. The summed E-state index contributed by atoms with van der Waals surface area (Å²) in [4.78, 5) is 11.0. The fourth-order valence-corrected chi connectivity index (χ4v) is 1.26. The minimum Gasteiger partial charge on any atom is -0.371 e. The number of carbonyl (C=O) groups excluding carboxylic acids is 1. The maximum Gasteiger partial charge on any atom is 0.261 e. The molecule has 6 heteroatoms. The number of hydrazine groups is 1. The van der Waals surface area contributed by atoms with Gasteiger partial charge in [-0.15, -0.1) is 0 Å². The number of benzene rings is 1. The van der Waals surface area contributed by atoms with Gasteiger partial charge in [0.15, 0.2) is 0 Å². The van der Waals surface area contributed by atoms with Crippen molar-refractivity contribution in [1.29, 1.82) is 0 Å². The zero-order valence-corrected chi connectivity index (χ0v) is 9.16. The number of hydrogen-bond donors (Lipinski definition) is 2. The smallest absolute Gasteiger partial charge is 0.261 e. The van der Waals surface area contributed by atoms with Crippen LogP contribution in [0.4, 0.5) is 8.78 Å². The molecule has 0 aliphatic carbocycles. The molecule has 0 saturated heterocycles. The number of rotatable bonds is 6. The summed E-state index contributed by atoms with van der Waals surface area (Å²) in [7, 11) is 0. The molecule has 1 rings (SSSR count). The average molecular weight is 244 g/mol. The molecule has 0 bridgehead atoms. The van der Waals surface area contributed by atoms with Crippen molar-refractivity contribution in [3.8, 4) is 0 Å². The van der Waals surface area contributed by atoms with Crippen molar-refractivity contribution in [3.63, 3.8) is 0 Å². The van der Waals surface area contributed by atoms with Crippen LogP contribution in [-0.4, -0.2) is 18.9 Å². The molecule has 1 amide bonds. The van der Waals surface area contributed by atoms with Crippen molar-refractivity contribution in [2.75, 3.05) is 6.61 Å². The highest BCUT2D eigenvalue weighted by Crippen LogP contribution is 2.07. The SMILES string of the molecule is NNC(=O)Cc1ccc(COCC(F)F)cc1. The van der Waals surface area contributed by atoms with Gasteiger partial charge in [-0.2, -0.15) is 0 Å². The molecule has 3 N–H and O–H groups in total. The van der Waals surface area contributed by atoms with Crippen LogP contribution in [0.1, 0.15) is 11.1 Å². The Kier molecular flexibility index (Phi) is 5.51. The van der Waals surface area contributed by atoms with Gasteiger partial charge in [-0.05, 0) is 11.1 Å². The summed E-state index contributed by atoms with van der Waals surface area (Å²) in [5.74, 6) is 4.67. The van der Waals surface area contributed by atoms with Crippen molar-refractivity contribution in [2.45, 2.75) is 19.5 Å². The van der Waals surface area contributed by atoms with Crippen LogP contribution in [0.15, 0.2) is 24.3 Å². The number of nitrogens with one attached hydrogen (secondary N) is 1. The number of carbonyl (C=O) groups is 1. The molecule has 0 aliphatic heterocycles. The molecule has 0 aliphatic rings. The van der Waals surface area contributed by atoms with E-state index in [4.69, 9.17) is 10.6 Å². The van der Waals surface area contributed by atoms with E-state index in [0.29, 0.717) is 0 Å². The van der Waals surface area contributed by atoms with Crippen molar-refractivity contribution >= 4 is 5.91 Å². The molecule has 0 radical (unpaired) electrons. The minimum absolute atomic E-state index is 0.133. The third kappa shape index (κ3) is 5.37. The lowest BCUT2D eigenvalue weighted by molar-refractivity contribution is -0.120.